The number of carbonyl (C=O) groups excluding carboxylic acids is 1. The maximum absolute atomic E-state index is 12.3. The molecule has 0 aliphatic carbocycles. The lowest BCUT2D eigenvalue weighted by Crippen LogP contribution is -2.31. The molecular formula is C19H24N2O3. The summed E-state index contributed by atoms with van der Waals surface area (Å²) >= 11 is 0. The van der Waals surface area contributed by atoms with Gasteiger partial charge in [-0.25, -0.2) is 0 Å². The predicted molar refractivity (Wildman–Crippen MR) is 94.1 cm³/mol. The van der Waals surface area contributed by atoms with Gasteiger partial charge < -0.3 is 15.3 Å². The number of benzene rings is 1. The molecule has 0 bridgehead atoms. The number of nitrogens with one attached hydrogen (secondary N) is 1. The fraction of sp³-hybridized carbons (Fsp3) is 0.368. The molecular weight excluding hydrogens is 304 g/mol. The fourth-order valence-electron chi connectivity index (χ4n) is 2.53. The van der Waals surface area contributed by atoms with Gasteiger partial charge in [0, 0.05) is 11.8 Å². The van der Waals surface area contributed by atoms with Crippen molar-refractivity contribution in [1.29, 1.82) is 0 Å². The Balaban J connectivity index is 2.15. The van der Waals surface area contributed by atoms with Crippen LogP contribution in [0.4, 0.5) is 5.69 Å². The van der Waals surface area contributed by atoms with E-state index in [0.717, 1.165) is 16.8 Å². The Morgan fingerprint density at radius 2 is 1.71 bits per heavy atom. The Kier molecular flexibility index (Phi) is 5.79. The zero-order chi connectivity index (χ0) is 17.7. The van der Waals surface area contributed by atoms with E-state index in [1.807, 2.05) is 18.2 Å². The van der Waals surface area contributed by atoms with Crippen LogP contribution in [0.15, 0.2) is 42.6 Å². The van der Waals surface area contributed by atoms with Crippen LogP contribution in [0.1, 0.15) is 50.7 Å². The van der Waals surface area contributed by atoms with E-state index in [9.17, 15) is 10.0 Å². The summed E-state index contributed by atoms with van der Waals surface area (Å²) in [6.45, 7) is 8.16. The second kappa shape index (κ2) is 7.81. The second-order valence-electron chi connectivity index (χ2n) is 6.32. The Morgan fingerprint density at radius 1 is 1.08 bits per heavy atom. The zero-order valence-corrected chi connectivity index (χ0v) is 14.6. The van der Waals surface area contributed by atoms with Crippen LogP contribution in [0.2, 0.25) is 0 Å². The SMILES string of the molecule is CC(C)c1cccc(C(C)C)c1NC(=O)COc1cccc[n+]1[O-]. The third kappa shape index (κ3) is 4.25. The molecule has 1 amide bonds. The lowest BCUT2D eigenvalue weighted by atomic mass is 9.92. The van der Waals surface area contributed by atoms with Crippen LogP contribution in [0.25, 0.3) is 0 Å². The minimum absolute atomic E-state index is 0.105. The Morgan fingerprint density at radius 3 is 2.25 bits per heavy atom. The third-order valence-corrected chi connectivity index (χ3v) is 3.78. The van der Waals surface area contributed by atoms with Crippen molar-refractivity contribution >= 4 is 11.6 Å². The van der Waals surface area contributed by atoms with Crippen molar-refractivity contribution in [2.45, 2.75) is 39.5 Å². The molecule has 5 heteroatoms. The predicted octanol–water partition coefficient (Wildman–Crippen LogP) is 3.58. The number of nitrogens with zero attached hydrogens (tertiary/aromatic N) is 1. The van der Waals surface area contributed by atoms with Gasteiger partial charge in [0.2, 0.25) is 0 Å². The molecule has 0 spiro atoms. The van der Waals surface area contributed by atoms with Crippen LogP contribution < -0.4 is 14.8 Å². The number of hydrogen-bond donors (Lipinski definition) is 1. The molecule has 128 valence electrons. The molecule has 1 aromatic carbocycles. The molecule has 2 rings (SSSR count). The molecule has 0 aliphatic rings. The summed E-state index contributed by atoms with van der Waals surface area (Å²) in [6.07, 6.45) is 1.33. The van der Waals surface area contributed by atoms with Gasteiger partial charge in [0.1, 0.15) is 0 Å². The van der Waals surface area contributed by atoms with Crippen LogP contribution in [0, 0.1) is 5.21 Å². The maximum Gasteiger partial charge on any atom is 0.379 e. The van der Waals surface area contributed by atoms with E-state index >= 15 is 0 Å². The Hall–Kier alpha value is -2.56. The van der Waals surface area contributed by atoms with E-state index in [2.05, 4.69) is 33.0 Å². The highest BCUT2D eigenvalue weighted by Gasteiger charge is 2.17. The van der Waals surface area contributed by atoms with Crippen molar-refractivity contribution in [3.8, 4) is 5.88 Å². The lowest BCUT2D eigenvalue weighted by Gasteiger charge is -2.20. The number of pyridine rings is 1. The van der Waals surface area contributed by atoms with Gasteiger partial charge in [0.15, 0.2) is 12.8 Å². The van der Waals surface area contributed by atoms with E-state index in [1.54, 1.807) is 12.1 Å². The summed E-state index contributed by atoms with van der Waals surface area (Å²) < 4.78 is 5.90. The first-order valence-electron chi connectivity index (χ1n) is 8.13. The molecule has 5 nitrogen and oxygen atoms in total. The highest BCUT2D eigenvalue weighted by molar-refractivity contribution is 5.93. The molecule has 0 radical (unpaired) electrons. The largest absolute Gasteiger partial charge is 0.616 e. The van der Waals surface area contributed by atoms with Crippen molar-refractivity contribution in [2.24, 2.45) is 0 Å². The van der Waals surface area contributed by atoms with Gasteiger partial charge in [-0.3, -0.25) is 4.79 Å². The van der Waals surface area contributed by atoms with Gasteiger partial charge in [-0.1, -0.05) is 45.9 Å². The van der Waals surface area contributed by atoms with Crippen LogP contribution in [-0.2, 0) is 4.79 Å². The monoisotopic (exact) mass is 328 g/mol. The second-order valence-corrected chi connectivity index (χ2v) is 6.32. The molecule has 0 atom stereocenters. The number of rotatable bonds is 6. The van der Waals surface area contributed by atoms with E-state index < -0.39 is 0 Å². The summed E-state index contributed by atoms with van der Waals surface area (Å²) in [4.78, 5) is 12.3. The van der Waals surface area contributed by atoms with Crippen molar-refractivity contribution in [2.75, 3.05) is 11.9 Å². The molecule has 0 fully saturated rings. The summed E-state index contributed by atoms with van der Waals surface area (Å²) in [5.74, 6) is 0.401. The van der Waals surface area contributed by atoms with Gasteiger partial charge in [-0.15, -0.1) is 4.73 Å². The molecule has 0 saturated carbocycles. The number of carbonyl (C=O) groups is 1. The number of anilines is 1. The third-order valence-electron chi connectivity index (χ3n) is 3.78. The van der Waals surface area contributed by atoms with Crippen molar-refractivity contribution in [3.63, 3.8) is 0 Å². The van der Waals surface area contributed by atoms with Crippen LogP contribution in [-0.4, -0.2) is 12.5 Å². The molecule has 1 aromatic heterocycles. The average Bonchev–Trinajstić information content (AvgIpc) is 2.53. The highest BCUT2D eigenvalue weighted by Crippen LogP contribution is 2.32. The van der Waals surface area contributed by atoms with E-state index in [4.69, 9.17) is 4.74 Å². The van der Waals surface area contributed by atoms with Gasteiger partial charge in [-0.05, 0) is 29.0 Å². The minimum Gasteiger partial charge on any atom is -0.616 e. The molecule has 1 N–H and O–H groups in total. The summed E-state index contributed by atoms with van der Waals surface area (Å²) in [5, 5.41) is 14.5. The highest BCUT2D eigenvalue weighted by atomic mass is 16.6. The standard InChI is InChI=1S/C19H24N2O3/c1-13(2)15-8-7-9-16(14(3)4)19(15)20-17(22)12-24-18-10-5-6-11-21(18)23/h5-11,13-14H,12H2,1-4H3,(H,20,22). The zero-order valence-electron chi connectivity index (χ0n) is 14.6. The molecule has 24 heavy (non-hydrogen) atoms. The number of para-hydroxylation sites is 1. The quantitative estimate of drug-likeness (QED) is 0.651. The normalized spacial score (nSPS) is 10.9. The van der Waals surface area contributed by atoms with Gasteiger partial charge in [0.05, 0.1) is 6.07 Å². The van der Waals surface area contributed by atoms with Gasteiger partial charge in [-0.2, -0.15) is 0 Å². The van der Waals surface area contributed by atoms with E-state index in [1.165, 1.54) is 12.3 Å². The molecule has 1 heterocycles. The molecule has 0 unspecified atom stereocenters. The number of hydrogen-bond acceptors (Lipinski definition) is 3. The van der Waals surface area contributed by atoms with Crippen LogP contribution in [0.5, 0.6) is 5.88 Å². The average molecular weight is 328 g/mol. The molecule has 2 aromatic rings. The van der Waals surface area contributed by atoms with Gasteiger partial charge >= 0.3 is 5.88 Å². The van der Waals surface area contributed by atoms with E-state index in [0.29, 0.717) is 4.73 Å². The Bertz CT molecular complexity index is 685. The van der Waals surface area contributed by atoms with Crippen molar-refractivity contribution < 1.29 is 14.3 Å². The molecule has 0 aliphatic heterocycles. The summed E-state index contributed by atoms with van der Waals surface area (Å²) in [6, 6.07) is 10.9. The molecule has 0 saturated heterocycles. The lowest BCUT2D eigenvalue weighted by molar-refractivity contribution is -0.612. The number of ether oxygens (including phenoxy) is 1. The van der Waals surface area contributed by atoms with Crippen molar-refractivity contribution in [1.82, 2.24) is 0 Å². The smallest absolute Gasteiger partial charge is 0.379 e. The first kappa shape index (κ1) is 17.8. The first-order valence-corrected chi connectivity index (χ1v) is 8.13. The fourth-order valence-corrected chi connectivity index (χ4v) is 2.53. The number of aromatic nitrogens is 1. The summed E-state index contributed by atoms with van der Waals surface area (Å²) in [5.41, 5.74) is 3.03. The van der Waals surface area contributed by atoms with E-state index in [-0.39, 0.29) is 30.2 Å². The minimum atomic E-state index is -0.283. The van der Waals surface area contributed by atoms with Crippen molar-refractivity contribution in [3.05, 3.63) is 58.9 Å². The Labute approximate surface area is 142 Å². The summed E-state index contributed by atoms with van der Waals surface area (Å²) in [7, 11) is 0. The van der Waals surface area contributed by atoms with Gasteiger partial charge in [0.25, 0.3) is 5.91 Å². The topological polar surface area (TPSA) is 65.3 Å². The first-order chi connectivity index (χ1) is 11.4. The maximum atomic E-state index is 12.3. The van der Waals surface area contributed by atoms with Crippen LogP contribution in [0.3, 0.4) is 0 Å². The van der Waals surface area contributed by atoms with Crippen LogP contribution >= 0.6 is 0 Å². The number of amides is 1.